The Morgan fingerprint density at radius 1 is 1.06 bits per heavy atom. The molecular weight excluding hydrogens is 475 g/mol. The van der Waals surface area contributed by atoms with Crippen LogP contribution >= 0.6 is 11.6 Å². The summed E-state index contributed by atoms with van der Waals surface area (Å²) in [5.74, 6) is -1.37. The molecular formula is C23H17ClF3N3O4. The van der Waals surface area contributed by atoms with Gasteiger partial charge in [-0.1, -0.05) is 35.9 Å². The van der Waals surface area contributed by atoms with Gasteiger partial charge in [0.15, 0.2) is 0 Å². The van der Waals surface area contributed by atoms with Crippen molar-refractivity contribution in [2.75, 3.05) is 12.4 Å². The van der Waals surface area contributed by atoms with Crippen LogP contribution in [-0.2, 0) is 4.74 Å². The van der Waals surface area contributed by atoms with E-state index in [1.54, 1.807) is 18.2 Å². The van der Waals surface area contributed by atoms with Gasteiger partial charge in [0.2, 0.25) is 11.6 Å². The molecule has 3 N–H and O–H groups in total. The van der Waals surface area contributed by atoms with Gasteiger partial charge in [-0.25, -0.2) is 9.79 Å². The third kappa shape index (κ3) is 6.04. The zero-order valence-electron chi connectivity index (χ0n) is 17.5. The molecule has 1 amide bonds. The quantitative estimate of drug-likeness (QED) is 0.350. The molecule has 3 rings (SSSR count). The number of halogens is 4. The van der Waals surface area contributed by atoms with Gasteiger partial charge in [0, 0.05) is 17.2 Å². The van der Waals surface area contributed by atoms with E-state index < -0.39 is 23.7 Å². The molecule has 34 heavy (non-hydrogen) atoms. The lowest BCUT2D eigenvalue weighted by molar-refractivity contribution is -0.0925. The molecule has 3 aromatic rings. The second-order valence-corrected chi connectivity index (χ2v) is 7.14. The van der Waals surface area contributed by atoms with Crippen molar-refractivity contribution in [1.82, 2.24) is 0 Å². The number of rotatable bonds is 6. The fraction of sp³-hybridized carbons (Fsp3) is 0.0870. The molecule has 11 heteroatoms. The lowest BCUT2D eigenvalue weighted by Crippen LogP contribution is -2.21. The number of nitrogens with one attached hydrogen (secondary N) is 1. The molecule has 1 heterocycles. The van der Waals surface area contributed by atoms with Crippen molar-refractivity contribution >= 4 is 40.8 Å². The van der Waals surface area contributed by atoms with Crippen LogP contribution in [0.5, 0.6) is 0 Å². The van der Waals surface area contributed by atoms with E-state index in [0.717, 1.165) is 0 Å². The van der Waals surface area contributed by atoms with Gasteiger partial charge in [0.05, 0.1) is 23.5 Å². The number of hydrogen-bond acceptors (Lipinski definition) is 6. The maximum absolute atomic E-state index is 13.0. The molecule has 176 valence electrons. The van der Waals surface area contributed by atoms with Crippen molar-refractivity contribution in [3.8, 4) is 0 Å². The molecule has 0 atom stereocenters. The number of allylic oxidation sites excluding steroid dienone is 2. The van der Waals surface area contributed by atoms with Crippen LogP contribution in [0.2, 0.25) is 5.02 Å². The standard InChI is InChI=1S/C23H17ClF3N3O4/c1-33-22(32)18-10-11-20(34-18)30-21(31)14-8-6-13(7-9-14)17(12-19(28)23(25,26)27)29-16-5-3-2-4-15(16)24/h2-12H,28H2,1H3,(H,30,31)/b19-12-,29-17?. The topological polar surface area (TPSA) is 107 Å². The van der Waals surface area contributed by atoms with E-state index in [4.69, 9.17) is 21.8 Å². The van der Waals surface area contributed by atoms with Gasteiger partial charge in [-0.05, 0) is 36.4 Å². The van der Waals surface area contributed by atoms with Gasteiger partial charge in [0.1, 0.15) is 5.70 Å². The Kier molecular flexibility index (Phi) is 7.42. The van der Waals surface area contributed by atoms with Crippen LogP contribution in [0.1, 0.15) is 26.5 Å². The number of nitrogens with zero attached hydrogens (tertiary/aromatic N) is 1. The summed E-state index contributed by atoms with van der Waals surface area (Å²) >= 11 is 6.08. The predicted molar refractivity (Wildman–Crippen MR) is 120 cm³/mol. The number of furan rings is 1. The lowest BCUT2D eigenvalue weighted by Gasteiger charge is -2.10. The lowest BCUT2D eigenvalue weighted by atomic mass is 10.1. The summed E-state index contributed by atoms with van der Waals surface area (Å²) in [6.45, 7) is 0. The number of esters is 1. The van der Waals surface area contributed by atoms with Gasteiger partial charge >= 0.3 is 12.1 Å². The van der Waals surface area contributed by atoms with E-state index in [0.29, 0.717) is 6.08 Å². The summed E-state index contributed by atoms with van der Waals surface area (Å²) in [6.07, 6.45) is -4.07. The molecule has 0 unspecified atom stereocenters. The molecule has 0 aliphatic carbocycles. The minimum Gasteiger partial charge on any atom is -0.463 e. The number of carbonyl (C=O) groups is 2. The highest BCUT2D eigenvalue weighted by Gasteiger charge is 2.31. The van der Waals surface area contributed by atoms with E-state index >= 15 is 0 Å². The number of para-hydroxylation sites is 1. The Morgan fingerprint density at radius 3 is 2.32 bits per heavy atom. The van der Waals surface area contributed by atoms with Crippen LogP contribution in [0.4, 0.5) is 24.7 Å². The zero-order chi connectivity index (χ0) is 24.9. The second kappa shape index (κ2) is 10.3. The van der Waals surface area contributed by atoms with Crippen molar-refractivity contribution in [3.05, 3.63) is 94.3 Å². The first-order chi connectivity index (χ1) is 16.1. The van der Waals surface area contributed by atoms with E-state index in [1.165, 1.54) is 49.6 Å². The van der Waals surface area contributed by atoms with Crippen LogP contribution in [-0.4, -0.2) is 30.9 Å². The third-order valence-corrected chi connectivity index (χ3v) is 4.70. The number of amides is 1. The van der Waals surface area contributed by atoms with Gasteiger partial charge in [-0.2, -0.15) is 13.2 Å². The molecule has 0 radical (unpaired) electrons. The molecule has 0 saturated heterocycles. The van der Waals surface area contributed by atoms with Crippen LogP contribution in [0.25, 0.3) is 0 Å². The fourth-order valence-electron chi connectivity index (χ4n) is 2.67. The summed E-state index contributed by atoms with van der Waals surface area (Å²) in [6, 6.07) is 14.7. The first kappa shape index (κ1) is 24.6. The smallest absolute Gasteiger partial charge is 0.430 e. The number of methoxy groups -OCH3 is 1. The molecule has 1 aromatic heterocycles. The molecule has 7 nitrogen and oxygen atoms in total. The number of hydrogen-bond donors (Lipinski definition) is 2. The Hall–Kier alpha value is -4.05. The van der Waals surface area contributed by atoms with Crippen molar-refractivity contribution in [1.29, 1.82) is 0 Å². The number of ether oxygens (including phenoxy) is 1. The largest absolute Gasteiger partial charge is 0.463 e. The maximum atomic E-state index is 13.0. The van der Waals surface area contributed by atoms with Gasteiger partial charge in [0.25, 0.3) is 5.91 Å². The molecule has 0 saturated carbocycles. The van der Waals surface area contributed by atoms with E-state index in [2.05, 4.69) is 15.0 Å². The monoisotopic (exact) mass is 491 g/mol. The predicted octanol–water partition coefficient (Wildman–Crippen LogP) is 5.50. The summed E-state index contributed by atoms with van der Waals surface area (Å²) in [5.41, 5.74) is 4.41. The summed E-state index contributed by atoms with van der Waals surface area (Å²) in [7, 11) is 1.19. The number of carbonyl (C=O) groups excluding carboxylic acids is 2. The highest BCUT2D eigenvalue weighted by Crippen LogP contribution is 2.27. The second-order valence-electron chi connectivity index (χ2n) is 6.73. The van der Waals surface area contributed by atoms with E-state index in [-0.39, 0.29) is 39.2 Å². The minimum atomic E-state index is -4.76. The van der Waals surface area contributed by atoms with Gasteiger partial charge in [-0.3, -0.25) is 10.1 Å². The minimum absolute atomic E-state index is 0.0105. The first-order valence-corrected chi connectivity index (χ1v) is 9.94. The number of benzene rings is 2. The average molecular weight is 492 g/mol. The van der Waals surface area contributed by atoms with Crippen LogP contribution < -0.4 is 11.1 Å². The number of nitrogens with two attached hydrogens (primary N) is 1. The normalized spacial score (nSPS) is 12.4. The van der Waals surface area contributed by atoms with Gasteiger partial charge < -0.3 is 14.9 Å². The summed E-state index contributed by atoms with van der Waals surface area (Å²) < 4.78 is 48.8. The Labute approximate surface area is 196 Å². The molecule has 0 spiro atoms. The Morgan fingerprint density at radius 2 is 1.71 bits per heavy atom. The van der Waals surface area contributed by atoms with E-state index in [1.807, 2.05) is 0 Å². The van der Waals surface area contributed by atoms with Crippen molar-refractivity contribution in [2.24, 2.45) is 10.7 Å². The van der Waals surface area contributed by atoms with Crippen molar-refractivity contribution in [2.45, 2.75) is 6.18 Å². The molecule has 0 aliphatic rings. The van der Waals surface area contributed by atoms with E-state index in [9.17, 15) is 22.8 Å². The van der Waals surface area contributed by atoms with Gasteiger partial charge in [-0.15, -0.1) is 0 Å². The molecule has 0 bridgehead atoms. The number of anilines is 1. The Balaban J connectivity index is 1.89. The third-order valence-electron chi connectivity index (χ3n) is 4.39. The average Bonchev–Trinajstić information content (AvgIpc) is 3.27. The highest BCUT2D eigenvalue weighted by atomic mass is 35.5. The fourth-order valence-corrected chi connectivity index (χ4v) is 2.85. The molecule has 2 aromatic carbocycles. The molecule has 0 aliphatic heterocycles. The summed E-state index contributed by atoms with van der Waals surface area (Å²) in [5, 5.41) is 2.70. The first-order valence-electron chi connectivity index (χ1n) is 9.56. The van der Waals surface area contributed by atoms with Crippen molar-refractivity contribution in [3.63, 3.8) is 0 Å². The Bertz CT molecular complexity index is 1260. The number of aliphatic imine (C=N–C) groups is 1. The van der Waals surface area contributed by atoms with Crippen molar-refractivity contribution < 1.29 is 31.9 Å². The van der Waals surface area contributed by atoms with Crippen LogP contribution in [0.3, 0.4) is 0 Å². The maximum Gasteiger partial charge on any atom is 0.430 e. The summed E-state index contributed by atoms with van der Waals surface area (Å²) in [4.78, 5) is 28.1. The van der Waals surface area contributed by atoms with Crippen LogP contribution in [0, 0.1) is 0 Å². The molecule has 0 fully saturated rings. The van der Waals surface area contributed by atoms with Crippen LogP contribution in [0.15, 0.2) is 81.8 Å². The highest BCUT2D eigenvalue weighted by molar-refractivity contribution is 6.33. The number of alkyl halides is 3. The SMILES string of the molecule is COC(=O)c1ccc(NC(=O)c2ccc(C(/C=C(\N)C(F)(F)F)=Nc3ccccc3Cl)cc2)o1. The zero-order valence-corrected chi connectivity index (χ0v) is 18.3.